The third-order valence-corrected chi connectivity index (χ3v) is 2.96. The van der Waals surface area contributed by atoms with Gasteiger partial charge in [0.1, 0.15) is 11.3 Å². The zero-order chi connectivity index (χ0) is 12.3. The van der Waals surface area contributed by atoms with Crippen LogP contribution in [0.25, 0.3) is 0 Å². The Hall–Kier alpha value is -1.33. The summed E-state index contributed by atoms with van der Waals surface area (Å²) in [5, 5.41) is 1.50. The first-order valence-corrected chi connectivity index (χ1v) is 6.25. The molecule has 0 bridgehead atoms. The minimum Gasteiger partial charge on any atom is -0.439 e. The van der Waals surface area contributed by atoms with Crippen LogP contribution in [0.1, 0.15) is 18.2 Å². The van der Waals surface area contributed by atoms with Crippen LogP contribution in [0.4, 0.5) is 0 Å². The van der Waals surface area contributed by atoms with Gasteiger partial charge in [0.25, 0.3) is 5.22 Å². The van der Waals surface area contributed by atoms with Crippen LogP contribution < -0.4 is 5.73 Å². The Morgan fingerprint density at radius 3 is 2.82 bits per heavy atom. The molecule has 2 N–H and O–H groups in total. The van der Waals surface area contributed by atoms with Gasteiger partial charge in [-0.1, -0.05) is 6.07 Å². The fraction of sp³-hybridized carbons (Fsp3) is 0.333. The lowest BCUT2D eigenvalue weighted by Crippen LogP contribution is -2.17. The minimum atomic E-state index is 0.157. The van der Waals surface area contributed by atoms with Gasteiger partial charge in [-0.25, -0.2) is 9.97 Å². The first kappa shape index (κ1) is 12.1. The number of hydrogen-bond acceptors (Lipinski definition) is 5. The van der Waals surface area contributed by atoms with E-state index in [0.29, 0.717) is 5.22 Å². The van der Waals surface area contributed by atoms with Crippen molar-refractivity contribution in [1.29, 1.82) is 0 Å². The number of hydrogen-bond donors (Lipinski definition) is 1. The van der Waals surface area contributed by atoms with Crippen molar-refractivity contribution >= 4 is 11.8 Å². The molecular formula is C12H15N3OS. The number of rotatable bonds is 4. The summed E-state index contributed by atoms with van der Waals surface area (Å²) < 4.78 is 5.25. The molecule has 17 heavy (non-hydrogen) atoms. The van der Waals surface area contributed by atoms with Crippen molar-refractivity contribution in [3.63, 3.8) is 0 Å². The molecule has 0 saturated heterocycles. The molecule has 2 aromatic rings. The van der Waals surface area contributed by atoms with Crippen LogP contribution in [0.2, 0.25) is 0 Å². The summed E-state index contributed by atoms with van der Waals surface area (Å²) in [6.45, 7) is 3.88. The van der Waals surface area contributed by atoms with Crippen LogP contribution in [0.3, 0.4) is 0 Å². The summed E-state index contributed by atoms with van der Waals surface area (Å²) in [6.07, 6.45) is 4.32. The van der Waals surface area contributed by atoms with E-state index < -0.39 is 0 Å². The number of nitrogens with zero attached hydrogens (tertiary/aromatic N) is 2. The molecule has 4 nitrogen and oxygen atoms in total. The van der Waals surface area contributed by atoms with Gasteiger partial charge in [-0.15, -0.1) is 0 Å². The van der Waals surface area contributed by atoms with Gasteiger partial charge in [0.05, 0.1) is 5.69 Å². The maximum Gasteiger partial charge on any atom is 0.262 e. The van der Waals surface area contributed by atoms with Crippen molar-refractivity contribution < 1.29 is 4.42 Å². The van der Waals surface area contributed by atoms with Gasteiger partial charge in [0.2, 0.25) is 0 Å². The Bertz CT molecular complexity index is 479. The largest absolute Gasteiger partial charge is 0.439 e. The Labute approximate surface area is 105 Å². The second-order valence-corrected chi connectivity index (χ2v) is 5.01. The molecule has 2 rings (SSSR count). The number of nitrogens with two attached hydrogens (primary N) is 1. The van der Waals surface area contributed by atoms with E-state index >= 15 is 0 Å². The summed E-state index contributed by atoms with van der Waals surface area (Å²) in [7, 11) is 0. The van der Waals surface area contributed by atoms with E-state index in [1.165, 1.54) is 11.8 Å². The van der Waals surface area contributed by atoms with Crippen molar-refractivity contribution in [2.45, 2.75) is 36.6 Å². The zero-order valence-electron chi connectivity index (χ0n) is 9.88. The number of oxazole rings is 1. The number of aryl methyl sites for hydroxylation is 1. The average molecular weight is 249 g/mol. The minimum absolute atomic E-state index is 0.157. The normalized spacial score (nSPS) is 12.6. The second kappa shape index (κ2) is 5.33. The SMILES string of the molecule is Cc1coc(Sc2ccc(CC(C)N)cn2)n1. The molecule has 0 spiro atoms. The highest BCUT2D eigenvalue weighted by Crippen LogP contribution is 2.24. The van der Waals surface area contributed by atoms with Crippen LogP contribution in [-0.4, -0.2) is 16.0 Å². The van der Waals surface area contributed by atoms with Gasteiger partial charge < -0.3 is 10.2 Å². The number of pyridine rings is 1. The standard InChI is InChI=1S/C12H15N3OS/c1-8(13)5-10-3-4-11(14-6-10)17-12-15-9(2)7-16-12/h3-4,6-8H,5,13H2,1-2H3. The van der Waals surface area contributed by atoms with Gasteiger partial charge >= 0.3 is 0 Å². The Morgan fingerprint density at radius 1 is 1.47 bits per heavy atom. The maximum atomic E-state index is 5.73. The third kappa shape index (κ3) is 3.57. The second-order valence-electron chi connectivity index (χ2n) is 4.04. The molecule has 1 unspecified atom stereocenters. The van der Waals surface area contributed by atoms with Crippen LogP contribution in [0.15, 0.2) is 39.3 Å². The Morgan fingerprint density at radius 2 is 2.29 bits per heavy atom. The lowest BCUT2D eigenvalue weighted by atomic mass is 10.1. The molecule has 2 aromatic heterocycles. The highest BCUT2D eigenvalue weighted by atomic mass is 32.2. The highest BCUT2D eigenvalue weighted by Gasteiger charge is 2.05. The molecule has 2 heterocycles. The van der Waals surface area contributed by atoms with E-state index in [2.05, 4.69) is 9.97 Å². The zero-order valence-corrected chi connectivity index (χ0v) is 10.7. The summed E-state index contributed by atoms with van der Waals surface area (Å²) in [5.41, 5.74) is 7.75. The molecule has 0 amide bonds. The monoisotopic (exact) mass is 249 g/mol. The number of aromatic nitrogens is 2. The molecule has 5 heteroatoms. The van der Waals surface area contributed by atoms with Crippen LogP contribution in [0, 0.1) is 6.92 Å². The van der Waals surface area contributed by atoms with Crippen molar-refractivity contribution in [1.82, 2.24) is 9.97 Å². The molecule has 1 atom stereocenters. The molecule has 0 aliphatic carbocycles. The van der Waals surface area contributed by atoms with Gasteiger partial charge in [-0.05, 0) is 43.7 Å². The van der Waals surface area contributed by atoms with E-state index in [0.717, 1.165) is 22.7 Å². The van der Waals surface area contributed by atoms with Crippen molar-refractivity contribution in [2.24, 2.45) is 5.73 Å². The topological polar surface area (TPSA) is 64.9 Å². The molecule has 90 valence electrons. The maximum absolute atomic E-state index is 5.73. The highest BCUT2D eigenvalue weighted by molar-refractivity contribution is 7.99. The van der Waals surface area contributed by atoms with Gasteiger partial charge in [-0.3, -0.25) is 0 Å². The van der Waals surface area contributed by atoms with E-state index in [1.54, 1.807) is 6.26 Å². The molecule has 0 aliphatic rings. The third-order valence-electron chi connectivity index (χ3n) is 2.15. The van der Waals surface area contributed by atoms with Crippen LogP contribution in [-0.2, 0) is 6.42 Å². The predicted molar refractivity (Wildman–Crippen MR) is 67.0 cm³/mol. The fourth-order valence-corrected chi connectivity index (χ4v) is 2.14. The van der Waals surface area contributed by atoms with E-state index in [-0.39, 0.29) is 6.04 Å². The lowest BCUT2D eigenvalue weighted by molar-refractivity contribution is 0.454. The van der Waals surface area contributed by atoms with E-state index in [1.807, 2.05) is 32.2 Å². The summed E-state index contributed by atoms with van der Waals surface area (Å²) >= 11 is 1.42. The van der Waals surface area contributed by atoms with Crippen molar-refractivity contribution in [2.75, 3.05) is 0 Å². The fourth-order valence-electron chi connectivity index (χ4n) is 1.43. The molecule has 0 radical (unpaired) electrons. The Kier molecular flexibility index (Phi) is 3.81. The molecule has 0 aromatic carbocycles. The van der Waals surface area contributed by atoms with Crippen molar-refractivity contribution in [3.8, 4) is 0 Å². The molecular weight excluding hydrogens is 234 g/mol. The summed E-state index contributed by atoms with van der Waals surface area (Å²) in [6, 6.07) is 4.15. The first-order chi connectivity index (χ1) is 8.13. The van der Waals surface area contributed by atoms with Gasteiger partial charge in [0.15, 0.2) is 0 Å². The average Bonchev–Trinajstić information content (AvgIpc) is 2.66. The Balaban J connectivity index is 2.03. The quantitative estimate of drug-likeness (QED) is 0.901. The van der Waals surface area contributed by atoms with Crippen LogP contribution >= 0.6 is 11.8 Å². The smallest absolute Gasteiger partial charge is 0.262 e. The van der Waals surface area contributed by atoms with E-state index in [9.17, 15) is 0 Å². The van der Waals surface area contributed by atoms with Crippen molar-refractivity contribution in [3.05, 3.63) is 35.9 Å². The summed E-state index contributed by atoms with van der Waals surface area (Å²) in [5.74, 6) is 0. The molecule has 0 aliphatic heterocycles. The van der Waals surface area contributed by atoms with Crippen LogP contribution in [0.5, 0.6) is 0 Å². The lowest BCUT2D eigenvalue weighted by Gasteiger charge is -2.04. The first-order valence-electron chi connectivity index (χ1n) is 5.44. The van der Waals surface area contributed by atoms with E-state index in [4.69, 9.17) is 10.2 Å². The summed E-state index contributed by atoms with van der Waals surface area (Å²) in [4.78, 5) is 8.56. The van der Waals surface area contributed by atoms with Gasteiger partial charge in [0, 0.05) is 12.2 Å². The predicted octanol–water partition coefficient (Wildman–Crippen LogP) is 2.42. The molecule has 0 fully saturated rings. The van der Waals surface area contributed by atoms with Gasteiger partial charge in [-0.2, -0.15) is 0 Å². The molecule has 0 saturated carbocycles.